The molecule has 0 fully saturated rings. The number of nitrogen functional groups attached to an aromatic ring is 1. The van der Waals surface area contributed by atoms with Crippen molar-refractivity contribution in [3.05, 3.63) is 42.5 Å². The van der Waals surface area contributed by atoms with Crippen molar-refractivity contribution in [2.24, 2.45) is 0 Å². The van der Waals surface area contributed by atoms with Crippen LogP contribution < -0.4 is 15.8 Å². The number of ether oxygens (including phenoxy) is 1. The summed E-state index contributed by atoms with van der Waals surface area (Å²) in [5, 5.41) is 2.82. The van der Waals surface area contributed by atoms with Crippen LogP contribution in [0.5, 0.6) is 5.75 Å². The number of nitrogens with two attached hydrogens (primary N) is 1. The number of methoxy groups -OCH3 is 1. The molecule has 3 N–H and O–H groups in total. The van der Waals surface area contributed by atoms with E-state index < -0.39 is 0 Å². The van der Waals surface area contributed by atoms with Gasteiger partial charge in [0, 0.05) is 31.2 Å². The number of amides is 1. The molecule has 2 rings (SSSR count). The third kappa shape index (κ3) is 3.25. The zero-order valence-electron chi connectivity index (χ0n) is 10.7. The van der Waals surface area contributed by atoms with Gasteiger partial charge < -0.3 is 20.4 Å². The van der Waals surface area contributed by atoms with E-state index in [0.29, 0.717) is 30.1 Å². The Kier molecular flexibility index (Phi) is 4.02. The van der Waals surface area contributed by atoms with E-state index in [4.69, 9.17) is 10.5 Å². The van der Waals surface area contributed by atoms with Crippen LogP contribution >= 0.6 is 0 Å². The molecule has 0 bridgehead atoms. The zero-order chi connectivity index (χ0) is 13.7. The van der Waals surface area contributed by atoms with Crippen molar-refractivity contribution in [2.45, 2.75) is 6.54 Å². The maximum atomic E-state index is 12.0. The first-order valence-electron chi connectivity index (χ1n) is 5.88. The number of carbonyl (C=O) groups excluding carboxylic acids is 1. The van der Waals surface area contributed by atoms with E-state index in [-0.39, 0.29) is 5.91 Å². The van der Waals surface area contributed by atoms with Crippen molar-refractivity contribution >= 4 is 11.6 Å². The molecule has 0 spiro atoms. The molecule has 1 heterocycles. The van der Waals surface area contributed by atoms with Gasteiger partial charge in [-0.15, -0.1) is 0 Å². The van der Waals surface area contributed by atoms with Crippen molar-refractivity contribution in [1.82, 2.24) is 14.9 Å². The Bertz CT molecular complexity index is 552. The van der Waals surface area contributed by atoms with Crippen molar-refractivity contribution in [3.8, 4) is 5.75 Å². The number of nitrogens with zero attached hydrogens (tertiary/aromatic N) is 2. The van der Waals surface area contributed by atoms with E-state index in [0.717, 1.165) is 0 Å². The van der Waals surface area contributed by atoms with E-state index in [1.165, 1.54) is 7.11 Å². The molecular formula is C13H16N4O2. The minimum Gasteiger partial charge on any atom is -0.496 e. The lowest BCUT2D eigenvalue weighted by Gasteiger charge is -2.10. The first kappa shape index (κ1) is 12.9. The van der Waals surface area contributed by atoms with Gasteiger partial charge in [-0.2, -0.15) is 0 Å². The predicted octanol–water partition coefficient (Wildman–Crippen LogP) is 0.904. The molecule has 6 nitrogen and oxygen atoms in total. The summed E-state index contributed by atoms with van der Waals surface area (Å²) in [6.07, 6.45) is 5.24. The summed E-state index contributed by atoms with van der Waals surface area (Å²) in [7, 11) is 1.52. The molecule has 19 heavy (non-hydrogen) atoms. The van der Waals surface area contributed by atoms with Crippen LogP contribution in [0.4, 0.5) is 5.69 Å². The fourth-order valence-electron chi connectivity index (χ4n) is 1.72. The number of hydrogen-bond acceptors (Lipinski definition) is 4. The van der Waals surface area contributed by atoms with Gasteiger partial charge in [0.2, 0.25) is 0 Å². The van der Waals surface area contributed by atoms with Crippen molar-refractivity contribution in [1.29, 1.82) is 0 Å². The molecule has 100 valence electrons. The lowest BCUT2D eigenvalue weighted by atomic mass is 10.1. The molecule has 0 aliphatic rings. The molecule has 0 aliphatic carbocycles. The van der Waals surface area contributed by atoms with E-state index >= 15 is 0 Å². The molecule has 2 aromatic rings. The lowest BCUT2D eigenvalue weighted by molar-refractivity contribution is 0.0949. The Labute approximate surface area is 111 Å². The molecule has 0 unspecified atom stereocenters. The van der Waals surface area contributed by atoms with Gasteiger partial charge in [-0.3, -0.25) is 4.79 Å². The number of aromatic nitrogens is 2. The van der Waals surface area contributed by atoms with Crippen LogP contribution in [-0.4, -0.2) is 29.1 Å². The van der Waals surface area contributed by atoms with Crippen LogP contribution in [-0.2, 0) is 6.54 Å². The highest BCUT2D eigenvalue weighted by Gasteiger charge is 2.11. The third-order valence-corrected chi connectivity index (χ3v) is 2.68. The summed E-state index contributed by atoms with van der Waals surface area (Å²) in [6, 6.07) is 4.98. The summed E-state index contributed by atoms with van der Waals surface area (Å²) in [5.41, 5.74) is 6.64. The topological polar surface area (TPSA) is 82.2 Å². The largest absolute Gasteiger partial charge is 0.496 e. The third-order valence-electron chi connectivity index (χ3n) is 2.68. The van der Waals surface area contributed by atoms with Crippen LogP contribution in [0.15, 0.2) is 36.9 Å². The molecule has 1 aromatic heterocycles. The second-order valence-corrected chi connectivity index (χ2v) is 4.02. The molecule has 0 aliphatic heterocycles. The second-order valence-electron chi connectivity index (χ2n) is 4.02. The highest BCUT2D eigenvalue weighted by atomic mass is 16.5. The fraction of sp³-hybridized carbons (Fsp3) is 0.231. The summed E-state index contributed by atoms with van der Waals surface area (Å²) in [4.78, 5) is 16.0. The average Bonchev–Trinajstić information content (AvgIpc) is 2.91. The summed E-state index contributed by atoms with van der Waals surface area (Å²) < 4.78 is 7.03. The Morgan fingerprint density at radius 3 is 3.05 bits per heavy atom. The number of benzene rings is 1. The number of imidazole rings is 1. The normalized spacial score (nSPS) is 10.2. The van der Waals surface area contributed by atoms with Gasteiger partial charge in [0.15, 0.2) is 0 Å². The van der Waals surface area contributed by atoms with Gasteiger partial charge in [0.1, 0.15) is 5.75 Å². The van der Waals surface area contributed by atoms with Gasteiger partial charge in [0.25, 0.3) is 5.91 Å². The standard InChI is InChI=1S/C13H16N4O2/c1-19-12-3-2-10(14)8-11(12)13(18)16-5-7-17-6-4-15-9-17/h2-4,6,8-9H,5,7,14H2,1H3,(H,16,18). The fourth-order valence-corrected chi connectivity index (χ4v) is 1.72. The van der Waals surface area contributed by atoms with Gasteiger partial charge >= 0.3 is 0 Å². The molecule has 0 atom stereocenters. The van der Waals surface area contributed by atoms with E-state index in [2.05, 4.69) is 10.3 Å². The zero-order valence-corrected chi connectivity index (χ0v) is 10.7. The molecular weight excluding hydrogens is 244 g/mol. The van der Waals surface area contributed by atoms with Crippen molar-refractivity contribution in [3.63, 3.8) is 0 Å². The molecule has 0 radical (unpaired) electrons. The van der Waals surface area contributed by atoms with Crippen molar-refractivity contribution in [2.75, 3.05) is 19.4 Å². The van der Waals surface area contributed by atoms with E-state index in [1.54, 1.807) is 30.7 Å². The number of nitrogens with one attached hydrogen (secondary N) is 1. The van der Waals surface area contributed by atoms with Crippen LogP contribution in [0.25, 0.3) is 0 Å². The first-order valence-corrected chi connectivity index (χ1v) is 5.88. The summed E-state index contributed by atoms with van der Waals surface area (Å²) in [6.45, 7) is 1.17. The van der Waals surface area contributed by atoms with Crippen molar-refractivity contribution < 1.29 is 9.53 Å². The summed E-state index contributed by atoms with van der Waals surface area (Å²) >= 11 is 0. The van der Waals surface area contributed by atoms with E-state index in [1.807, 2.05) is 10.8 Å². The predicted molar refractivity (Wildman–Crippen MR) is 72.0 cm³/mol. The SMILES string of the molecule is COc1ccc(N)cc1C(=O)NCCn1ccnc1. The van der Waals surface area contributed by atoms with Gasteiger partial charge in [-0.05, 0) is 18.2 Å². The minimum absolute atomic E-state index is 0.204. The molecule has 6 heteroatoms. The quantitative estimate of drug-likeness (QED) is 0.783. The Hall–Kier alpha value is -2.50. The number of hydrogen-bond donors (Lipinski definition) is 2. The average molecular weight is 260 g/mol. The van der Waals surface area contributed by atoms with E-state index in [9.17, 15) is 4.79 Å². The van der Waals surface area contributed by atoms with Gasteiger partial charge in [-0.1, -0.05) is 0 Å². The minimum atomic E-state index is -0.204. The molecule has 1 amide bonds. The molecule has 1 aromatic carbocycles. The monoisotopic (exact) mass is 260 g/mol. The van der Waals surface area contributed by atoms with Gasteiger partial charge in [0.05, 0.1) is 19.0 Å². The molecule has 0 saturated heterocycles. The van der Waals surface area contributed by atoms with Crippen LogP contribution in [0, 0.1) is 0 Å². The maximum Gasteiger partial charge on any atom is 0.255 e. The summed E-state index contributed by atoms with van der Waals surface area (Å²) in [5.74, 6) is 0.304. The Balaban J connectivity index is 1.97. The Morgan fingerprint density at radius 2 is 2.37 bits per heavy atom. The van der Waals surface area contributed by atoms with Crippen LogP contribution in [0.2, 0.25) is 0 Å². The first-order chi connectivity index (χ1) is 9.20. The number of carbonyl (C=O) groups is 1. The highest BCUT2D eigenvalue weighted by Crippen LogP contribution is 2.20. The highest BCUT2D eigenvalue weighted by molar-refractivity contribution is 5.97. The van der Waals surface area contributed by atoms with Crippen LogP contribution in [0.3, 0.4) is 0 Å². The van der Waals surface area contributed by atoms with Gasteiger partial charge in [-0.25, -0.2) is 4.98 Å². The number of anilines is 1. The maximum absolute atomic E-state index is 12.0. The smallest absolute Gasteiger partial charge is 0.255 e. The number of rotatable bonds is 5. The Morgan fingerprint density at radius 1 is 1.53 bits per heavy atom. The lowest BCUT2D eigenvalue weighted by Crippen LogP contribution is -2.27. The molecule has 0 saturated carbocycles. The second kappa shape index (κ2) is 5.90. The van der Waals surface area contributed by atoms with Crippen LogP contribution in [0.1, 0.15) is 10.4 Å².